The van der Waals surface area contributed by atoms with Gasteiger partial charge in [0.05, 0.1) is 0 Å². The van der Waals surface area contributed by atoms with Crippen molar-refractivity contribution in [2.75, 3.05) is 32.7 Å². The van der Waals surface area contributed by atoms with Crippen LogP contribution in [0.3, 0.4) is 0 Å². The molecule has 1 atom stereocenters. The van der Waals surface area contributed by atoms with Gasteiger partial charge >= 0.3 is 58.4 Å². The van der Waals surface area contributed by atoms with Gasteiger partial charge in [-0.25, -0.2) is 0 Å². The van der Waals surface area contributed by atoms with Gasteiger partial charge in [-0.1, -0.05) is 0 Å². The van der Waals surface area contributed by atoms with E-state index in [0.717, 1.165) is 32.6 Å². The van der Waals surface area contributed by atoms with Gasteiger partial charge in [-0.2, -0.15) is 0 Å². The third-order valence-corrected chi connectivity index (χ3v) is 3.79. The Morgan fingerprint density at radius 2 is 1.78 bits per heavy atom. The van der Waals surface area contributed by atoms with Gasteiger partial charge in [0.2, 0.25) is 0 Å². The van der Waals surface area contributed by atoms with Gasteiger partial charge in [-0.05, 0) is 45.4 Å². The fraction of sp³-hybridized carbons (Fsp3) is 0.818. The molecule has 2 rings (SSSR count). The molecule has 2 aliphatic rings. The maximum Gasteiger partial charge on any atom is 1.00 e. The minimum absolute atomic E-state index is 0. The molecule has 2 heterocycles. The molecule has 0 aliphatic carbocycles. The van der Waals surface area contributed by atoms with Crippen molar-refractivity contribution < 1.29 is 64.3 Å². The fourth-order valence-corrected chi connectivity index (χ4v) is 2.75. The predicted molar refractivity (Wildman–Crippen MR) is 63.9 cm³/mol. The van der Waals surface area contributed by atoms with Crippen LogP contribution in [-0.4, -0.2) is 55.5 Å². The van der Waals surface area contributed by atoms with Crippen molar-refractivity contribution in [2.45, 2.75) is 25.3 Å². The van der Waals surface area contributed by atoms with Crippen LogP contribution >= 0.6 is 0 Å². The van der Waals surface area contributed by atoms with Gasteiger partial charge in [0.1, 0.15) is 0 Å². The van der Waals surface area contributed by atoms with E-state index < -0.39 is 12.4 Å². The first-order valence-corrected chi connectivity index (χ1v) is 6.31. The van der Waals surface area contributed by atoms with Gasteiger partial charge in [0, 0.05) is 12.6 Å². The summed E-state index contributed by atoms with van der Waals surface area (Å²) in [6, 6.07) is 0.464. The zero-order valence-corrected chi connectivity index (χ0v) is 14.2. The summed E-state index contributed by atoms with van der Waals surface area (Å²) < 4.78 is 37.3. The molecule has 2 nitrogen and oxygen atoms in total. The molecule has 98 valence electrons. The molecule has 2 fully saturated rings. The van der Waals surface area contributed by atoms with E-state index in [4.69, 9.17) is 0 Å². The van der Waals surface area contributed by atoms with E-state index in [1.165, 1.54) is 12.8 Å². The second-order valence-electron chi connectivity index (χ2n) is 5.15. The number of rotatable bonds is 4. The summed E-state index contributed by atoms with van der Waals surface area (Å²) in [5.74, 6) is 0. The summed E-state index contributed by atoms with van der Waals surface area (Å²) in [7, 11) is 0. The molecular weight excluding hydrogens is 267 g/mol. The SMILES string of the molecule is C=C(CN1CCC(N2CCCC2)C1)[B-](F)(F)F.[K+]. The van der Waals surface area contributed by atoms with E-state index in [-0.39, 0.29) is 57.9 Å². The van der Waals surface area contributed by atoms with E-state index >= 15 is 0 Å². The molecule has 0 radical (unpaired) electrons. The second kappa shape index (κ2) is 7.24. The number of hydrogen-bond donors (Lipinski definition) is 0. The van der Waals surface area contributed by atoms with Crippen molar-refractivity contribution in [3.05, 3.63) is 12.1 Å². The Hall–Kier alpha value is 1.15. The van der Waals surface area contributed by atoms with Crippen LogP contribution < -0.4 is 51.4 Å². The predicted octanol–water partition coefficient (Wildman–Crippen LogP) is -0.897. The molecular formula is C11H19BF3KN2. The smallest absolute Gasteiger partial charge is 0.445 e. The van der Waals surface area contributed by atoms with Crippen LogP contribution in [0.1, 0.15) is 19.3 Å². The van der Waals surface area contributed by atoms with E-state index in [1.54, 1.807) is 0 Å². The molecule has 18 heavy (non-hydrogen) atoms. The van der Waals surface area contributed by atoms with Gasteiger partial charge < -0.3 is 17.8 Å². The van der Waals surface area contributed by atoms with Crippen LogP contribution in [0.15, 0.2) is 12.1 Å². The average molecular weight is 286 g/mol. The first-order chi connectivity index (χ1) is 7.97. The Morgan fingerprint density at radius 3 is 2.33 bits per heavy atom. The summed E-state index contributed by atoms with van der Waals surface area (Å²) in [5, 5.41) is 0. The van der Waals surface area contributed by atoms with Crippen LogP contribution in [-0.2, 0) is 0 Å². The zero-order chi connectivity index (χ0) is 12.5. The molecule has 0 saturated carbocycles. The van der Waals surface area contributed by atoms with Crippen LogP contribution in [0.5, 0.6) is 0 Å². The molecule has 1 unspecified atom stereocenters. The van der Waals surface area contributed by atoms with Gasteiger partial charge in [-0.15, -0.1) is 12.1 Å². The van der Waals surface area contributed by atoms with Crippen molar-refractivity contribution in [3.8, 4) is 0 Å². The maximum absolute atomic E-state index is 12.4. The number of likely N-dealkylation sites (tertiary alicyclic amines) is 2. The van der Waals surface area contributed by atoms with Crippen molar-refractivity contribution in [3.63, 3.8) is 0 Å². The monoisotopic (exact) mass is 286 g/mol. The third-order valence-electron chi connectivity index (χ3n) is 3.79. The number of nitrogens with zero attached hydrogens (tertiary/aromatic N) is 2. The molecule has 0 N–H and O–H groups in total. The van der Waals surface area contributed by atoms with E-state index in [0.29, 0.717) is 6.04 Å². The molecule has 0 aromatic rings. The molecule has 0 spiro atoms. The standard InChI is InChI=1S/C11H19BF3N2.K/c1-10(12(13,14)15)8-16-7-4-11(9-16)17-5-2-3-6-17;/h11H,1-9H2;/q-1;+1. The van der Waals surface area contributed by atoms with Crippen molar-refractivity contribution in [2.24, 2.45) is 0 Å². The van der Waals surface area contributed by atoms with Crippen LogP contribution in [0.4, 0.5) is 12.9 Å². The topological polar surface area (TPSA) is 6.48 Å². The first-order valence-electron chi connectivity index (χ1n) is 6.31. The Kier molecular flexibility index (Phi) is 6.92. The molecule has 0 aromatic carbocycles. The van der Waals surface area contributed by atoms with E-state index in [1.807, 2.05) is 4.90 Å². The van der Waals surface area contributed by atoms with Crippen LogP contribution in [0.25, 0.3) is 0 Å². The molecule has 0 aromatic heterocycles. The number of hydrogen-bond acceptors (Lipinski definition) is 2. The molecule has 2 saturated heterocycles. The van der Waals surface area contributed by atoms with E-state index in [2.05, 4.69) is 11.5 Å². The summed E-state index contributed by atoms with van der Waals surface area (Å²) in [6.45, 7) is 2.05. The fourth-order valence-electron chi connectivity index (χ4n) is 2.75. The van der Waals surface area contributed by atoms with Gasteiger partial charge in [0.25, 0.3) is 0 Å². The van der Waals surface area contributed by atoms with Crippen molar-refractivity contribution in [1.82, 2.24) is 9.80 Å². The Morgan fingerprint density at radius 1 is 1.17 bits per heavy atom. The summed E-state index contributed by atoms with van der Waals surface area (Å²) in [4.78, 5) is 4.31. The summed E-state index contributed by atoms with van der Waals surface area (Å²) in [5.41, 5.74) is -0.563. The van der Waals surface area contributed by atoms with E-state index in [9.17, 15) is 12.9 Å². The largest absolute Gasteiger partial charge is 1.00 e. The Labute approximate surface area is 149 Å². The Bertz CT molecular complexity index is 293. The average Bonchev–Trinajstić information content (AvgIpc) is 2.83. The van der Waals surface area contributed by atoms with Crippen molar-refractivity contribution >= 4 is 6.98 Å². The maximum atomic E-state index is 12.4. The molecule has 0 bridgehead atoms. The second-order valence-corrected chi connectivity index (χ2v) is 5.15. The minimum atomic E-state index is -4.87. The van der Waals surface area contributed by atoms with Gasteiger partial charge in [-0.3, -0.25) is 4.90 Å². The molecule has 7 heteroatoms. The molecule has 2 aliphatic heterocycles. The quantitative estimate of drug-likeness (QED) is 0.618. The third kappa shape index (κ3) is 4.61. The van der Waals surface area contributed by atoms with Crippen LogP contribution in [0.2, 0.25) is 0 Å². The summed E-state index contributed by atoms with van der Waals surface area (Å²) in [6.07, 6.45) is 3.46. The normalized spacial score (nSPS) is 26.3. The first kappa shape index (κ1) is 17.2. The molecule has 0 amide bonds. The minimum Gasteiger partial charge on any atom is -0.445 e. The van der Waals surface area contributed by atoms with Crippen LogP contribution in [0, 0.1) is 0 Å². The zero-order valence-electron chi connectivity index (χ0n) is 11.0. The summed E-state index contributed by atoms with van der Waals surface area (Å²) >= 11 is 0. The van der Waals surface area contributed by atoms with Gasteiger partial charge in [0.15, 0.2) is 0 Å². The van der Waals surface area contributed by atoms with Crippen molar-refractivity contribution in [1.29, 1.82) is 0 Å². The number of halogens is 3. The Balaban J connectivity index is 0.00000162.